The normalized spacial score (nSPS) is 10.5. The number of tetrazole rings is 1. The summed E-state index contributed by atoms with van der Waals surface area (Å²) in [4.78, 5) is 4.12. The summed E-state index contributed by atoms with van der Waals surface area (Å²) >= 11 is 0. The van der Waals surface area contributed by atoms with Gasteiger partial charge in [-0.05, 0) is 28.5 Å². The Bertz CT molecular complexity index is 414. The minimum atomic E-state index is 0.627. The topological polar surface area (TPSA) is 76.6 Å². The average Bonchev–Trinajstić information content (AvgIpc) is 2.80. The first-order chi connectivity index (χ1) is 7.40. The van der Waals surface area contributed by atoms with Gasteiger partial charge >= 0.3 is 0 Å². The van der Waals surface area contributed by atoms with Gasteiger partial charge in [0.25, 0.3) is 0 Å². The van der Waals surface area contributed by atoms with Crippen molar-refractivity contribution >= 4 is 0 Å². The van der Waals surface area contributed by atoms with Gasteiger partial charge in [0.15, 0.2) is 5.82 Å². The minimum absolute atomic E-state index is 0.627. The first-order valence-electron chi connectivity index (χ1n) is 4.57. The number of aromatic amines is 1. The van der Waals surface area contributed by atoms with Crippen LogP contribution in [0.2, 0.25) is 0 Å². The number of hydrogen-bond donors (Lipinski definition) is 1. The third-order valence-corrected chi connectivity index (χ3v) is 2.01. The summed E-state index contributed by atoms with van der Waals surface area (Å²) in [6.45, 7) is 0.680. The molecule has 0 amide bonds. The molecule has 0 bridgehead atoms. The largest absolute Gasteiger partial charge is 0.384 e. The van der Waals surface area contributed by atoms with Gasteiger partial charge in [-0.3, -0.25) is 4.98 Å². The summed E-state index contributed by atoms with van der Waals surface area (Å²) in [7, 11) is 1.68. The molecule has 0 spiro atoms. The molecule has 0 aliphatic carbocycles. The molecular weight excluding hydrogens is 194 g/mol. The highest BCUT2D eigenvalue weighted by Gasteiger charge is 2.03. The van der Waals surface area contributed by atoms with Crippen LogP contribution >= 0.6 is 0 Å². The van der Waals surface area contributed by atoms with E-state index >= 15 is 0 Å². The first-order valence-corrected chi connectivity index (χ1v) is 4.57. The lowest BCUT2D eigenvalue weighted by Gasteiger charge is -2.01. The predicted octanol–water partition coefficient (Wildman–Crippen LogP) is 0.451. The molecule has 0 aliphatic rings. The van der Waals surface area contributed by atoms with E-state index in [2.05, 4.69) is 25.6 Å². The Hall–Kier alpha value is -1.82. The number of H-pyrrole nitrogens is 1. The van der Waals surface area contributed by atoms with E-state index in [1.165, 1.54) is 0 Å². The maximum Gasteiger partial charge on any atom is 0.180 e. The Morgan fingerprint density at radius 2 is 2.33 bits per heavy atom. The van der Waals surface area contributed by atoms with Gasteiger partial charge in [0.1, 0.15) is 0 Å². The third kappa shape index (κ3) is 2.35. The molecule has 0 unspecified atom stereocenters. The molecule has 2 rings (SSSR count). The van der Waals surface area contributed by atoms with Crippen LogP contribution in [0.1, 0.15) is 5.56 Å². The molecule has 6 heteroatoms. The molecule has 0 saturated carbocycles. The van der Waals surface area contributed by atoms with Gasteiger partial charge in [-0.25, -0.2) is 5.10 Å². The highest BCUT2D eigenvalue weighted by atomic mass is 16.5. The quantitative estimate of drug-likeness (QED) is 0.784. The molecule has 15 heavy (non-hydrogen) atoms. The van der Waals surface area contributed by atoms with Crippen molar-refractivity contribution in [1.29, 1.82) is 0 Å². The second-order valence-corrected chi connectivity index (χ2v) is 3.07. The van der Waals surface area contributed by atoms with E-state index in [-0.39, 0.29) is 0 Å². The molecule has 0 atom stereocenters. The first kappa shape index (κ1) is 9.72. The highest BCUT2D eigenvalue weighted by molar-refractivity contribution is 5.52. The summed E-state index contributed by atoms with van der Waals surface area (Å²) in [5.41, 5.74) is 1.99. The van der Waals surface area contributed by atoms with Crippen molar-refractivity contribution in [2.24, 2.45) is 0 Å². The smallest absolute Gasteiger partial charge is 0.180 e. The van der Waals surface area contributed by atoms with Crippen LogP contribution in [0.15, 0.2) is 18.5 Å². The Morgan fingerprint density at radius 3 is 3.07 bits per heavy atom. The Kier molecular flexibility index (Phi) is 2.99. The number of hydrogen-bond acceptors (Lipinski definition) is 5. The number of aromatic nitrogens is 5. The van der Waals surface area contributed by atoms with Crippen LogP contribution in [-0.2, 0) is 11.2 Å². The standard InChI is InChI=1S/C9H11N5O/c1-15-3-2-7-4-8(6-10-5-7)9-11-13-14-12-9/h4-6H,2-3H2,1H3,(H,11,12,13,14). The van der Waals surface area contributed by atoms with Crippen LogP contribution in [0.3, 0.4) is 0 Å². The third-order valence-electron chi connectivity index (χ3n) is 2.01. The summed E-state index contributed by atoms with van der Waals surface area (Å²) < 4.78 is 5.00. The molecule has 0 radical (unpaired) electrons. The van der Waals surface area contributed by atoms with E-state index in [0.29, 0.717) is 12.4 Å². The number of ether oxygens (including phenoxy) is 1. The molecule has 2 heterocycles. The van der Waals surface area contributed by atoms with Crippen molar-refractivity contribution in [3.63, 3.8) is 0 Å². The van der Waals surface area contributed by atoms with Crippen molar-refractivity contribution < 1.29 is 4.74 Å². The van der Waals surface area contributed by atoms with E-state index in [9.17, 15) is 0 Å². The van der Waals surface area contributed by atoms with E-state index in [0.717, 1.165) is 17.5 Å². The fourth-order valence-corrected chi connectivity index (χ4v) is 1.26. The van der Waals surface area contributed by atoms with Crippen molar-refractivity contribution in [3.8, 4) is 11.4 Å². The maximum absolute atomic E-state index is 5.00. The van der Waals surface area contributed by atoms with Crippen molar-refractivity contribution in [2.75, 3.05) is 13.7 Å². The SMILES string of the molecule is COCCc1cncc(-c2nnn[nH]2)c1. The number of pyridine rings is 1. The summed E-state index contributed by atoms with van der Waals surface area (Å²) in [6, 6.07) is 1.99. The van der Waals surface area contributed by atoms with Gasteiger partial charge in [0, 0.05) is 25.1 Å². The van der Waals surface area contributed by atoms with Crippen LogP contribution in [0, 0.1) is 0 Å². The molecule has 0 fully saturated rings. The lowest BCUT2D eigenvalue weighted by molar-refractivity contribution is 0.202. The number of rotatable bonds is 4. The van der Waals surface area contributed by atoms with Gasteiger partial charge < -0.3 is 4.74 Å². The average molecular weight is 205 g/mol. The second kappa shape index (κ2) is 4.61. The molecule has 1 N–H and O–H groups in total. The van der Waals surface area contributed by atoms with Crippen LogP contribution in [0.25, 0.3) is 11.4 Å². The molecule has 0 aliphatic heterocycles. The Labute approximate surface area is 86.7 Å². The predicted molar refractivity (Wildman–Crippen MR) is 53.0 cm³/mol. The van der Waals surface area contributed by atoms with Crippen molar-refractivity contribution in [1.82, 2.24) is 25.6 Å². The zero-order chi connectivity index (χ0) is 10.5. The number of nitrogens with one attached hydrogen (secondary N) is 1. The fraction of sp³-hybridized carbons (Fsp3) is 0.333. The highest BCUT2D eigenvalue weighted by Crippen LogP contribution is 2.13. The zero-order valence-electron chi connectivity index (χ0n) is 8.34. The minimum Gasteiger partial charge on any atom is -0.384 e. The molecular formula is C9H11N5O. The van der Waals surface area contributed by atoms with E-state index in [1.54, 1.807) is 13.3 Å². The van der Waals surface area contributed by atoms with Gasteiger partial charge in [0.2, 0.25) is 0 Å². The maximum atomic E-state index is 5.00. The molecule has 0 saturated heterocycles. The van der Waals surface area contributed by atoms with Gasteiger partial charge in [-0.15, -0.1) is 5.10 Å². The van der Waals surface area contributed by atoms with Gasteiger partial charge in [-0.1, -0.05) is 0 Å². The monoisotopic (exact) mass is 205 g/mol. The van der Waals surface area contributed by atoms with E-state index < -0.39 is 0 Å². The fourth-order valence-electron chi connectivity index (χ4n) is 1.26. The van der Waals surface area contributed by atoms with Crippen LogP contribution < -0.4 is 0 Å². The van der Waals surface area contributed by atoms with Crippen LogP contribution in [-0.4, -0.2) is 39.3 Å². The summed E-state index contributed by atoms with van der Waals surface area (Å²) in [5.74, 6) is 0.627. The molecule has 6 nitrogen and oxygen atoms in total. The lowest BCUT2D eigenvalue weighted by atomic mass is 10.1. The number of nitrogens with zero attached hydrogens (tertiary/aromatic N) is 4. The zero-order valence-corrected chi connectivity index (χ0v) is 8.34. The molecule has 0 aromatic carbocycles. The van der Waals surface area contributed by atoms with Crippen molar-refractivity contribution in [3.05, 3.63) is 24.0 Å². The Morgan fingerprint density at radius 1 is 1.40 bits per heavy atom. The molecule has 2 aromatic rings. The lowest BCUT2D eigenvalue weighted by Crippen LogP contribution is -1.95. The van der Waals surface area contributed by atoms with Crippen LogP contribution in [0.4, 0.5) is 0 Å². The summed E-state index contributed by atoms with van der Waals surface area (Å²) in [6.07, 6.45) is 4.36. The van der Waals surface area contributed by atoms with E-state index in [1.807, 2.05) is 12.3 Å². The van der Waals surface area contributed by atoms with Crippen LogP contribution in [0.5, 0.6) is 0 Å². The van der Waals surface area contributed by atoms with Gasteiger partial charge in [0.05, 0.1) is 6.61 Å². The van der Waals surface area contributed by atoms with Gasteiger partial charge in [-0.2, -0.15) is 0 Å². The number of methoxy groups -OCH3 is 1. The molecule has 78 valence electrons. The van der Waals surface area contributed by atoms with E-state index in [4.69, 9.17) is 4.74 Å². The van der Waals surface area contributed by atoms with Crippen molar-refractivity contribution in [2.45, 2.75) is 6.42 Å². The molecule has 2 aromatic heterocycles. The second-order valence-electron chi connectivity index (χ2n) is 3.07. The summed E-state index contributed by atoms with van der Waals surface area (Å²) in [5, 5.41) is 13.5. The Balaban J connectivity index is 2.19.